The number of rotatable bonds is 5. The molecule has 46 heavy (non-hydrogen) atoms. The summed E-state index contributed by atoms with van der Waals surface area (Å²) in [5, 5.41) is 7.43. The quantitative estimate of drug-likeness (QED) is 0.200. The van der Waals surface area contributed by atoms with Crippen molar-refractivity contribution in [2.45, 2.75) is 12.2 Å². The van der Waals surface area contributed by atoms with Gasteiger partial charge in [-0.25, -0.2) is 4.52 Å². The number of anilines is 1. The molecule has 0 bridgehead atoms. The largest absolute Gasteiger partial charge is 0.334 e. The molecule has 0 saturated carbocycles. The van der Waals surface area contributed by atoms with Gasteiger partial charge < -0.3 is 4.90 Å². The third kappa shape index (κ3) is 4.22. The normalized spacial score (nSPS) is 17.0. The second-order valence-corrected chi connectivity index (χ2v) is 11.8. The molecule has 0 N–H and O–H groups in total. The number of benzene rings is 5. The molecule has 0 fully saturated rings. The van der Waals surface area contributed by atoms with Gasteiger partial charge in [0.25, 0.3) is 0 Å². The number of allylic oxidation sites excluding steroid dienone is 2. The van der Waals surface area contributed by atoms with Crippen LogP contribution < -0.4 is 4.90 Å². The Bertz CT molecular complexity index is 2300. The molecule has 0 saturated heterocycles. The Balaban J connectivity index is 1.24. The van der Waals surface area contributed by atoms with E-state index in [2.05, 4.69) is 173 Å². The summed E-state index contributed by atoms with van der Waals surface area (Å²) in [7, 11) is 0. The molecule has 0 radical (unpaired) electrons. The van der Waals surface area contributed by atoms with Crippen molar-refractivity contribution >= 4 is 27.7 Å². The maximum Gasteiger partial charge on any atom is 0.148 e. The summed E-state index contributed by atoms with van der Waals surface area (Å²) < 4.78 is 2.15. The van der Waals surface area contributed by atoms with Gasteiger partial charge in [0.1, 0.15) is 6.17 Å². The van der Waals surface area contributed by atoms with E-state index in [9.17, 15) is 0 Å². The Kier molecular flexibility index (Phi) is 6.24. The van der Waals surface area contributed by atoms with Gasteiger partial charge in [-0.1, -0.05) is 146 Å². The van der Waals surface area contributed by atoms with Crippen molar-refractivity contribution in [2.24, 2.45) is 4.99 Å². The summed E-state index contributed by atoms with van der Waals surface area (Å²) in [6.45, 7) is 0. The highest BCUT2D eigenvalue weighted by molar-refractivity contribution is 6.13. The van der Waals surface area contributed by atoms with Crippen molar-refractivity contribution in [1.29, 1.82) is 0 Å². The molecule has 1 aliphatic carbocycles. The van der Waals surface area contributed by atoms with Crippen molar-refractivity contribution in [3.05, 3.63) is 176 Å². The van der Waals surface area contributed by atoms with Gasteiger partial charge in [0.05, 0.1) is 29.2 Å². The number of fused-ring (bicyclic) bond motifs is 4. The highest BCUT2D eigenvalue weighted by Gasteiger charge is 2.35. The molecule has 9 rings (SSSR count). The van der Waals surface area contributed by atoms with Crippen LogP contribution in [-0.4, -0.2) is 21.4 Å². The Morgan fingerprint density at radius 2 is 1.22 bits per heavy atom. The zero-order valence-corrected chi connectivity index (χ0v) is 25.1. The molecule has 7 aromatic rings. The van der Waals surface area contributed by atoms with Crippen molar-refractivity contribution < 1.29 is 0 Å². The maximum absolute atomic E-state index is 5.22. The third-order valence-corrected chi connectivity index (χ3v) is 9.16. The molecular weight excluding hydrogens is 560 g/mol. The number of hydrogen-bond donors (Lipinski definition) is 0. The molecule has 2 aliphatic rings. The fraction of sp³-hybridized carbons (Fsp3) is 0.0476. The zero-order valence-electron chi connectivity index (χ0n) is 25.1. The topological polar surface area (TPSA) is 32.9 Å². The Labute approximate surface area is 267 Å². The SMILES string of the molecule is C1=CC2=NC(c3ccc(-c4c(-c5ccccc5)n5ncc(-c6ccccc6)c5c5ccccc45)cc3)N(c3ccccc3)C2C=C1. The summed E-state index contributed by atoms with van der Waals surface area (Å²) in [5.74, 6) is 0. The van der Waals surface area contributed by atoms with Crippen LogP contribution >= 0.6 is 0 Å². The van der Waals surface area contributed by atoms with E-state index in [1.807, 2.05) is 6.20 Å². The first-order valence-corrected chi connectivity index (χ1v) is 15.7. The molecule has 1 aliphatic heterocycles. The zero-order chi connectivity index (χ0) is 30.5. The first-order valence-electron chi connectivity index (χ1n) is 15.7. The van der Waals surface area contributed by atoms with Crippen LogP contribution in [0, 0.1) is 0 Å². The van der Waals surface area contributed by atoms with E-state index in [1.54, 1.807) is 0 Å². The standard InChI is InChI=1S/C42H30N4/c1-4-14-29(15-5-1)36-28-43-46-40(31-16-6-2-7-17-31)39(34-20-10-11-21-35(34)41(36)46)30-24-26-32(27-25-30)42-44-37-22-12-13-23-38(37)45(42)33-18-8-3-9-19-33/h1-28,38,42H. The number of aliphatic imine (C=N–C) groups is 1. The van der Waals surface area contributed by atoms with Gasteiger partial charge in [0, 0.05) is 27.8 Å². The van der Waals surface area contributed by atoms with E-state index in [1.165, 1.54) is 16.3 Å². The summed E-state index contributed by atoms with van der Waals surface area (Å²) in [6.07, 6.45) is 10.5. The minimum Gasteiger partial charge on any atom is -0.334 e. The van der Waals surface area contributed by atoms with Crippen molar-refractivity contribution in [3.8, 4) is 33.5 Å². The van der Waals surface area contributed by atoms with Crippen LogP contribution in [0.1, 0.15) is 11.7 Å². The first-order chi connectivity index (χ1) is 22.8. The van der Waals surface area contributed by atoms with Crippen LogP contribution in [0.4, 0.5) is 5.69 Å². The van der Waals surface area contributed by atoms with E-state index in [0.717, 1.165) is 50.4 Å². The van der Waals surface area contributed by atoms with E-state index < -0.39 is 0 Å². The summed E-state index contributed by atoms with van der Waals surface area (Å²) in [6, 6.07) is 49.7. The molecule has 5 aromatic carbocycles. The van der Waals surface area contributed by atoms with Crippen molar-refractivity contribution in [3.63, 3.8) is 0 Å². The van der Waals surface area contributed by atoms with Crippen LogP contribution in [0.25, 0.3) is 49.8 Å². The predicted molar refractivity (Wildman–Crippen MR) is 190 cm³/mol. The smallest absolute Gasteiger partial charge is 0.148 e. The third-order valence-electron chi connectivity index (χ3n) is 9.16. The van der Waals surface area contributed by atoms with Gasteiger partial charge in [0.2, 0.25) is 0 Å². The summed E-state index contributed by atoms with van der Waals surface area (Å²) in [4.78, 5) is 7.63. The number of aromatic nitrogens is 2. The molecule has 2 unspecified atom stereocenters. The predicted octanol–water partition coefficient (Wildman–Crippen LogP) is 9.94. The van der Waals surface area contributed by atoms with Crippen LogP contribution in [0.15, 0.2) is 175 Å². The molecule has 3 heterocycles. The highest BCUT2D eigenvalue weighted by atomic mass is 15.3. The average Bonchev–Trinajstić information content (AvgIpc) is 3.75. The lowest BCUT2D eigenvalue weighted by molar-refractivity contribution is 0.696. The monoisotopic (exact) mass is 590 g/mol. The molecule has 2 aromatic heterocycles. The maximum atomic E-state index is 5.22. The lowest BCUT2D eigenvalue weighted by atomic mass is 9.91. The summed E-state index contributed by atoms with van der Waals surface area (Å²) >= 11 is 0. The van der Waals surface area contributed by atoms with Crippen molar-refractivity contribution in [2.75, 3.05) is 4.90 Å². The molecular formula is C42H30N4. The summed E-state index contributed by atoms with van der Waals surface area (Å²) in [5.41, 5.74) is 11.3. The Morgan fingerprint density at radius 1 is 0.565 bits per heavy atom. The van der Waals surface area contributed by atoms with Gasteiger partial charge >= 0.3 is 0 Å². The van der Waals surface area contributed by atoms with Crippen LogP contribution in [0.2, 0.25) is 0 Å². The lowest BCUT2D eigenvalue weighted by Gasteiger charge is -2.31. The Hall–Kier alpha value is -6.00. The minimum absolute atomic E-state index is 0.115. The number of para-hydroxylation sites is 1. The molecule has 0 amide bonds. The fourth-order valence-corrected chi connectivity index (χ4v) is 7.09. The van der Waals surface area contributed by atoms with E-state index in [4.69, 9.17) is 10.1 Å². The van der Waals surface area contributed by atoms with Crippen molar-refractivity contribution in [1.82, 2.24) is 9.61 Å². The fourth-order valence-electron chi connectivity index (χ4n) is 7.09. The average molecular weight is 591 g/mol. The Morgan fingerprint density at radius 3 is 1.96 bits per heavy atom. The minimum atomic E-state index is -0.115. The van der Waals surface area contributed by atoms with Crippen LogP contribution in [-0.2, 0) is 0 Å². The molecule has 218 valence electrons. The van der Waals surface area contributed by atoms with Gasteiger partial charge in [-0.3, -0.25) is 4.99 Å². The van der Waals surface area contributed by atoms with Gasteiger partial charge in [0.15, 0.2) is 0 Å². The van der Waals surface area contributed by atoms with Gasteiger partial charge in [-0.05, 0) is 40.3 Å². The molecule has 4 nitrogen and oxygen atoms in total. The van der Waals surface area contributed by atoms with Crippen LogP contribution in [0.5, 0.6) is 0 Å². The highest BCUT2D eigenvalue weighted by Crippen LogP contribution is 2.44. The number of nitrogens with zero attached hydrogens (tertiary/aromatic N) is 4. The van der Waals surface area contributed by atoms with E-state index in [-0.39, 0.29) is 12.2 Å². The molecule has 0 spiro atoms. The van der Waals surface area contributed by atoms with Crippen LogP contribution in [0.3, 0.4) is 0 Å². The number of pyridine rings is 1. The molecule has 4 heteroatoms. The van der Waals surface area contributed by atoms with E-state index in [0.29, 0.717) is 0 Å². The second kappa shape index (κ2) is 10.9. The van der Waals surface area contributed by atoms with Gasteiger partial charge in [-0.15, -0.1) is 0 Å². The molecule has 2 atom stereocenters. The number of hydrogen-bond acceptors (Lipinski definition) is 3. The lowest BCUT2D eigenvalue weighted by Crippen LogP contribution is -2.35. The second-order valence-electron chi connectivity index (χ2n) is 11.8. The first kappa shape index (κ1) is 26.4. The van der Waals surface area contributed by atoms with Gasteiger partial charge in [-0.2, -0.15) is 5.10 Å². The van der Waals surface area contributed by atoms with E-state index >= 15 is 0 Å².